The highest BCUT2D eigenvalue weighted by atomic mass is 32.1. The van der Waals surface area contributed by atoms with E-state index in [1.165, 1.54) is 12.1 Å². The molecule has 0 atom stereocenters. The number of hydrogen-bond acceptors (Lipinski definition) is 4. The van der Waals surface area contributed by atoms with E-state index in [-0.39, 0.29) is 24.6 Å². The number of carbonyl (C=O) groups excluding carboxylic acids is 1. The quantitative estimate of drug-likeness (QED) is 0.692. The van der Waals surface area contributed by atoms with E-state index in [2.05, 4.69) is 10.3 Å². The van der Waals surface area contributed by atoms with Crippen LogP contribution in [0.3, 0.4) is 0 Å². The molecular formula is C19H15FN2O3S. The summed E-state index contributed by atoms with van der Waals surface area (Å²) in [6.07, 6.45) is -0.0927. The molecule has 1 amide bonds. The third kappa shape index (κ3) is 4.52. The number of amides is 1. The average molecular weight is 370 g/mol. The van der Waals surface area contributed by atoms with Gasteiger partial charge in [0.05, 0.1) is 18.5 Å². The maximum Gasteiger partial charge on any atom is 0.308 e. The van der Waals surface area contributed by atoms with Gasteiger partial charge in [0, 0.05) is 10.4 Å². The van der Waals surface area contributed by atoms with Crippen LogP contribution >= 0.6 is 11.3 Å². The van der Waals surface area contributed by atoms with Crippen molar-refractivity contribution in [2.24, 2.45) is 0 Å². The molecule has 0 bridgehead atoms. The standard InChI is InChI=1S/C19H15FN2O3S/c20-14-8-6-12(7-9-14)10-16(23)21-19-22-18(13-4-2-1-3-5-13)15(26-19)11-17(24)25/h1-9H,10-11H2,(H,24,25)(H,21,22,23). The Morgan fingerprint density at radius 1 is 1.04 bits per heavy atom. The zero-order valence-corrected chi connectivity index (χ0v) is 14.4. The van der Waals surface area contributed by atoms with Crippen molar-refractivity contribution in [1.29, 1.82) is 0 Å². The van der Waals surface area contributed by atoms with Crippen LogP contribution in [0.25, 0.3) is 11.3 Å². The van der Waals surface area contributed by atoms with Crippen molar-refractivity contribution in [1.82, 2.24) is 4.98 Å². The molecule has 0 aliphatic carbocycles. The van der Waals surface area contributed by atoms with Crippen molar-refractivity contribution in [3.8, 4) is 11.3 Å². The Bertz CT molecular complexity index is 924. The van der Waals surface area contributed by atoms with Gasteiger partial charge in [0.25, 0.3) is 0 Å². The highest BCUT2D eigenvalue weighted by Crippen LogP contribution is 2.31. The van der Waals surface area contributed by atoms with Crippen molar-refractivity contribution >= 4 is 28.3 Å². The lowest BCUT2D eigenvalue weighted by Gasteiger charge is -2.02. The second-order valence-corrected chi connectivity index (χ2v) is 6.66. The molecule has 2 aromatic carbocycles. The van der Waals surface area contributed by atoms with Gasteiger partial charge in [0.2, 0.25) is 5.91 Å². The molecule has 3 rings (SSSR count). The number of nitrogens with zero attached hydrogens (tertiary/aromatic N) is 1. The van der Waals surface area contributed by atoms with Crippen LogP contribution in [0.5, 0.6) is 0 Å². The molecule has 132 valence electrons. The second-order valence-electron chi connectivity index (χ2n) is 5.58. The fourth-order valence-electron chi connectivity index (χ4n) is 2.44. The van der Waals surface area contributed by atoms with Crippen LogP contribution in [0.2, 0.25) is 0 Å². The van der Waals surface area contributed by atoms with Crippen LogP contribution in [-0.2, 0) is 22.4 Å². The van der Waals surface area contributed by atoms with Gasteiger partial charge in [-0.1, -0.05) is 42.5 Å². The molecule has 7 heteroatoms. The first-order chi connectivity index (χ1) is 12.5. The Kier molecular flexibility index (Phi) is 5.38. The highest BCUT2D eigenvalue weighted by molar-refractivity contribution is 7.16. The van der Waals surface area contributed by atoms with Crippen molar-refractivity contribution in [3.05, 3.63) is 70.9 Å². The fraction of sp³-hybridized carbons (Fsp3) is 0.105. The van der Waals surface area contributed by atoms with Crippen LogP contribution < -0.4 is 5.32 Å². The fourth-order valence-corrected chi connectivity index (χ4v) is 3.43. The predicted molar refractivity (Wildman–Crippen MR) is 97.6 cm³/mol. The first kappa shape index (κ1) is 17.8. The topological polar surface area (TPSA) is 79.3 Å². The lowest BCUT2D eigenvalue weighted by molar-refractivity contribution is -0.136. The lowest BCUT2D eigenvalue weighted by atomic mass is 10.1. The number of aromatic nitrogens is 1. The molecule has 2 N–H and O–H groups in total. The van der Waals surface area contributed by atoms with Crippen molar-refractivity contribution in [2.75, 3.05) is 5.32 Å². The third-order valence-electron chi connectivity index (χ3n) is 3.58. The molecule has 0 saturated carbocycles. The van der Waals surface area contributed by atoms with Crippen LogP contribution in [0.4, 0.5) is 9.52 Å². The van der Waals surface area contributed by atoms with E-state index < -0.39 is 5.97 Å². The van der Waals surface area contributed by atoms with Crippen LogP contribution in [0, 0.1) is 5.82 Å². The molecule has 3 aromatic rings. The SMILES string of the molecule is O=C(O)Cc1sc(NC(=O)Cc2ccc(F)cc2)nc1-c1ccccc1. The highest BCUT2D eigenvalue weighted by Gasteiger charge is 2.17. The summed E-state index contributed by atoms with van der Waals surface area (Å²) in [5.41, 5.74) is 2.02. The molecule has 0 unspecified atom stereocenters. The largest absolute Gasteiger partial charge is 0.481 e. The first-order valence-corrected chi connectivity index (χ1v) is 8.64. The third-order valence-corrected chi connectivity index (χ3v) is 4.55. The summed E-state index contributed by atoms with van der Waals surface area (Å²) < 4.78 is 12.9. The monoisotopic (exact) mass is 370 g/mol. The summed E-state index contributed by atoms with van der Waals surface area (Å²) in [5.74, 6) is -1.62. The summed E-state index contributed by atoms with van der Waals surface area (Å²) in [6, 6.07) is 14.9. The second kappa shape index (κ2) is 7.88. The Labute approximate surface area is 153 Å². The minimum atomic E-state index is -0.963. The van der Waals surface area contributed by atoms with Crippen LogP contribution in [0.1, 0.15) is 10.4 Å². The molecule has 1 heterocycles. The number of hydrogen-bond donors (Lipinski definition) is 2. The average Bonchev–Trinajstić information content (AvgIpc) is 2.99. The smallest absolute Gasteiger partial charge is 0.308 e. The number of halogens is 1. The van der Waals surface area contributed by atoms with E-state index in [0.29, 0.717) is 21.3 Å². The van der Waals surface area contributed by atoms with Crippen molar-refractivity contribution in [2.45, 2.75) is 12.8 Å². The van der Waals surface area contributed by atoms with E-state index in [0.717, 1.165) is 16.9 Å². The Morgan fingerprint density at radius 3 is 2.38 bits per heavy atom. The van der Waals surface area contributed by atoms with Crippen molar-refractivity contribution < 1.29 is 19.1 Å². The number of aliphatic carboxylic acids is 1. The lowest BCUT2D eigenvalue weighted by Crippen LogP contribution is -2.14. The minimum absolute atomic E-state index is 0.0782. The van der Waals surface area contributed by atoms with Gasteiger partial charge < -0.3 is 10.4 Å². The summed E-state index contributed by atoms with van der Waals surface area (Å²) >= 11 is 1.14. The molecular weight excluding hydrogens is 355 g/mol. The van der Waals surface area contributed by atoms with Gasteiger partial charge in [-0.15, -0.1) is 11.3 Å². The molecule has 0 fully saturated rings. The minimum Gasteiger partial charge on any atom is -0.481 e. The Hall–Kier alpha value is -3.06. The van der Waals surface area contributed by atoms with Gasteiger partial charge in [-0.3, -0.25) is 9.59 Å². The van der Waals surface area contributed by atoms with Gasteiger partial charge in [-0.2, -0.15) is 0 Å². The predicted octanol–water partition coefficient (Wildman–Crippen LogP) is 3.76. The molecule has 0 spiro atoms. The van der Waals surface area contributed by atoms with Gasteiger partial charge in [0.1, 0.15) is 5.82 Å². The normalized spacial score (nSPS) is 10.5. The zero-order valence-electron chi connectivity index (χ0n) is 13.6. The number of anilines is 1. The molecule has 1 aromatic heterocycles. The van der Waals surface area contributed by atoms with E-state index >= 15 is 0 Å². The number of carboxylic acids is 1. The molecule has 26 heavy (non-hydrogen) atoms. The van der Waals surface area contributed by atoms with Gasteiger partial charge in [-0.25, -0.2) is 9.37 Å². The molecule has 0 saturated heterocycles. The van der Waals surface area contributed by atoms with Gasteiger partial charge >= 0.3 is 5.97 Å². The number of rotatable bonds is 6. The molecule has 0 aliphatic heterocycles. The maximum atomic E-state index is 12.9. The van der Waals surface area contributed by atoms with E-state index in [1.807, 2.05) is 30.3 Å². The number of nitrogens with one attached hydrogen (secondary N) is 1. The number of benzene rings is 2. The van der Waals surface area contributed by atoms with Crippen molar-refractivity contribution in [3.63, 3.8) is 0 Å². The van der Waals surface area contributed by atoms with E-state index in [1.54, 1.807) is 12.1 Å². The summed E-state index contributed by atoms with van der Waals surface area (Å²) in [7, 11) is 0. The maximum absolute atomic E-state index is 12.9. The van der Waals surface area contributed by atoms with E-state index in [9.17, 15) is 14.0 Å². The Morgan fingerprint density at radius 2 is 1.73 bits per heavy atom. The van der Waals surface area contributed by atoms with Crippen LogP contribution in [0.15, 0.2) is 54.6 Å². The summed E-state index contributed by atoms with van der Waals surface area (Å²) in [6.45, 7) is 0. The Balaban J connectivity index is 1.79. The zero-order chi connectivity index (χ0) is 18.5. The summed E-state index contributed by atoms with van der Waals surface area (Å²) in [4.78, 5) is 28.3. The number of carbonyl (C=O) groups is 2. The van der Waals surface area contributed by atoms with E-state index in [4.69, 9.17) is 5.11 Å². The van der Waals surface area contributed by atoms with Gasteiger partial charge in [0.15, 0.2) is 5.13 Å². The molecule has 5 nitrogen and oxygen atoms in total. The molecule has 0 radical (unpaired) electrons. The summed E-state index contributed by atoms with van der Waals surface area (Å²) in [5, 5.41) is 12.1. The van der Waals surface area contributed by atoms with Crippen LogP contribution in [-0.4, -0.2) is 22.0 Å². The first-order valence-electron chi connectivity index (χ1n) is 7.82. The number of carboxylic acid groups (broad SMARTS) is 1. The van der Waals surface area contributed by atoms with Gasteiger partial charge in [-0.05, 0) is 17.7 Å². The number of thiazole rings is 1. The molecule has 0 aliphatic rings.